The van der Waals surface area contributed by atoms with Crippen LogP contribution in [0.2, 0.25) is 0 Å². The van der Waals surface area contributed by atoms with E-state index in [2.05, 4.69) is 196 Å². The summed E-state index contributed by atoms with van der Waals surface area (Å²) in [6, 6.07) is 52.0. The molecule has 250 valence electrons. The molecule has 8 aromatic rings. The van der Waals surface area contributed by atoms with Crippen molar-refractivity contribution in [3.63, 3.8) is 0 Å². The normalized spacial score (nSPS) is 14.2. The van der Waals surface area contributed by atoms with E-state index in [-0.39, 0.29) is 5.41 Å². The molecule has 7 aromatic carbocycles. The molecular formula is C50H40N2. The fourth-order valence-electron chi connectivity index (χ4n) is 8.98. The maximum atomic E-state index is 2.52. The van der Waals surface area contributed by atoms with E-state index in [0.29, 0.717) is 0 Å². The number of benzene rings is 7. The van der Waals surface area contributed by atoms with Crippen LogP contribution in [-0.4, -0.2) is 4.57 Å². The first-order chi connectivity index (χ1) is 25.3. The number of fused-ring (bicyclic) bond motifs is 8. The molecule has 0 bridgehead atoms. The maximum Gasteiger partial charge on any atom is 0.0619 e. The monoisotopic (exact) mass is 668 g/mol. The second kappa shape index (κ2) is 11.2. The smallest absolute Gasteiger partial charge is 0.0619 e. The van der Waals surface area contributed by atoms with Crippen LogP contribution in [0.1, 0.15) is 48.6 Å². The summed E-state index contributed by atoms with van der Waals surface area (Å²) in [5.41, 5.74) is 18.9. The summed E-state index contributed by atoms with van der Waals surface area (Å²) < 4.78 is 2.52. The molecule has 0 radical (unpaired) electrons. The van der Waals surface area contributed by atoms with Gasteiger partial charge in [0.05, 0.1) is 16.7 Å². The van der Waals surface area contributed by atoms with Gasteiger partial charge in [-0.25, -0.2) is 0 Å². The number of aryl methyl sites for hydroxylation is 2. The van der Waals surface area contributed by atoms with Crippen molar-refractivity contribution >= 4 is 55.2 Å². The second-order valence-electron chi connectivity index (χ2n) is 15.2. The Bertz CT molecular complexity index is 2840. The zero-order valence-electron chi connectivity index (χ0n) is 30.3. The molecule has 2 nitrogen and oxygen atoms in total. The highest BCUT2D eigenvalue weighted by atomic mass is 15.1. The molecule has 0 amide bonds. The molecule has 0 fully saturated rings. The van der Waals surface area contributed by atoms with Gasteiger partial charge in [0.2, 0.25) is 0 Å². The van der Waals surface area contributed by atoms with Crippen molar-refractivity contribution in [3.8, 4) is 16.8 Å². The van der Waals surface area contributed by atoms with Crippen molar-refractivity contribution in [1.82, 2.24) is 4.57 Å². The van der Waals surface area contributed by atoms with E-state index in [0.717, 1.165) is 5.69 Å². The SMILES string of the molecule is CC1=CC=C1c1cccc2c3cc(C)ccc3n(-c3ccc4c(c3)C(C)(C)c3cc(N(c5ccccc5)c5ccccc5C)c5ccccc5c3-4)c12. The highest BCUT2D eigenvalue weighted by Gasteiger charge is 2.38. The molecule has 0 unspecified atom stereocenters. The van der Waals surface area contributed by atoms with Crippen LogP contribution in [0.25, 0.3) is 55.0 Å². The van der Waals surface area contributed by atoms with Crippen molar-refractivity contribution in [1.29, 1.82) is 0 Å². The van der Waals surface area contributed by atoms with Gasteiger partial charge in [-0.2, -0.15) is 0 Å². The van der Waals surface area contributed by atoms with Gasteiger partial charge in [-0.05, 0) is 114 Å². The Labute approximate surface area is 305 Å². The van der Waals surface area contributed by atoms with E-state index in [1.54, 1.807) is 0 Å². The van der Waals surface area contributed by atoms with Crippen LogP contribution in [0, 0.1) is 13.8 Å². The molecule has 0 aliphatic heterocycles. The van der Waals surface area contributed by atoms with Crippen molar-refractivity contribution in [2.24, 2.45) is 0 Å². The quantitative estimate of drug-likeness (QED) is 0.177. The molecule has 2 aliphatic rings. The Morgan fingerprint density at radius 1 is 0.538 bits per heavy atom. The molecular weight excluding hydrogens is 629 g/mol. The molecule has 0 saturated carbocycles. The lowest BCUT2D eigenvalue weighted by molar-refractivity contribution is 0.660. The van der Waals surface area contributed by atoms with Crippen LogP contribution in [0.15, 0.2) is 157 Å². The third-order valence-electron chi connectivity index (χ3n) is 11.7. The van der Waals surface area contributed by atoms with Crippen LogP contribution < -0.4 is 4.90 Å². The van der Waals surface area contributed by atoms with Crippen LogP contribution in [0.5, 0.6) is 0 Å². The highest BCUT2D eigenvalue weighted by molar-refractivity contribution is 6.14. The van der Waals surface area contributed by atoms with Gasteiger partial charge >= 0.3 is 0 Å². The van der Waals surface area contributed by atoms with Gasteiger partial charge in [-0.1, -0.05) is 123 Å². The molecule has 1 heterocycles. The summed E-state index contributed by atoms with van der Waals surface area (Å²) in [6.45, 7) is 11.4. The third kappa shape index (κ3) is 4.31. The number of hydrogen-bond acceptors (Lipinski definition) is 1. The third-order valence-corrected chi connectivity index (χ3v) is 11.7. The first-order valence-electron chi connectivity index (χ1n) is 18.4. The lowest BCUT2D eigenvalue weighted by atomic mass is 9.81. The van der Waals surface area contributed by atoms with Gasteiger partial charge in [0.25, 0.3) is 0 Å². The summed E-state index contributed by atoms with van der Waals surface area (Å²) in [4.78, 5) is 2.45. The van der Waals surface area contributed by atoms with Crippen molar-refractivity contribution in [3.05, 3.63) is 185 Å². The van der Waals surface area contributed by atoms with Gasteiger partial charge < -0.3 is 9.47 Å². The van der Waals surface area contributed by atoms with E-state index >= 15 is 0 Å². The number of hydrogen-bond donors (Lipinski definition) is 0. The van der Waals surface area contributed by atoms with Gasteiger partial charge in [-0.15, -0.1) is 0 Å². The van der Waals surface area contributed by atoms with Crippen molar-refractivity contribution in [2.75, 3.05) is 4.90 Å². The first-order valence-corrected chi connectivity index (χ1v) is 18.4. The minimum absolute atomic E-state index is 0.235. The van der Waals surface area contributed by atoms with Crippen LogP contribution in [0.3, 0.4) is 0 Å². The average molecular weight is 669 g/mol. The van der Waals surface area contributed by atoms with E-state index in [1.165, 1.54) is 99.7 Å². The Hall–Kier alpha value is -6.12. The fourth-order valence-corrected chi connectivity index (χ4v) is 8.98. The van der Waals surface area contributed by atoms with Crippen molar-refractivity contribution < 1.29 is 0 Å². The number of anilines is 3. The molecule has 0 N–H and O–H groups in total. The maximum absolute atomic E-state index is 2.52. The molecule has 2 aliphatic carbocycles. The summed E-state index contributed by atoms with van der Waals surface area (Å²) in [5.74, 6) is 0. The predicted octanol–water partition coefficient (Wildman–Crippen LogP) is 13.7. The first kappa shape index (κ1) is 30.7. The van der Waals surface area contributed by atoms with Gasteiger partial charge in [0, 0.05) is 44.2 Å². The molecule has 52 heavy (non-hydrogen) atoms. The standard InChI is InChI=1S/C50H40N2/c1-31-22-27-46-42(28-31)40-20-13-19-39(36-25-23-32(36)2)49(40)52(46)35-24-26-41-43(29-35)50(4,5)44-30-47(37-17-10-11-18-38(37)48(41)44)51(34-15-7-6-8-16-34)45-21-12-9-14-33(45)3/h6-30H,1-5H3. The van der Waals surface area contributed by atoms with Gasteiger partial charge in [-0.3, -0.25) is 0 Å². The Balaban J connectivity index is 1.22. The van der Waals surface area contributed by atoms with E-state index in [4.69, 9.17) is 0 Å². The number of rotatable bonds is 5. The largest absolute Gasteiger partial charge is 0.310 e. The summed E-state index contributed by atoms with van der Waals surface area (Å²) in [7, 11) is 0. The van der Waals surface area contributed by atoms with Crippen LogP contribution in [0.4, 0.5) is 17.1 Å². The minimum atomic E-state index is -0.235. The second-order valence-corrected chi connectivity index (χ2v) is 15.2. The lowest BCUT2D eigenvalue weighted by Gasteiger charge is -2.30. The number of aromatic nitrogens is 1. The number of allylic oxidation sites excluding steroid dienone is 4. The summed E-state index contributed by atoms with van der Waals surface area (Å²) in [5, 5.41) is 5.14. The molecule has 0 atom stereocenters. The molecule has 0 spiro atoms. The average Bonchev–Trinajstić information content (AvgIpc) is 3.60. The summed E-state index contributed by atoms with van der Waals surface area (Å²) >= 11 is 0. The molecule has 10 rings (SSSR count). The van der Waals surface area contributed by atoms with E-state index in [1.807, 2.05) is 0 Å². The topological polar surface area (TPSA) is 8.17 Å². The van der Waals surface area contributed by atoms with E-state index < -0.39 is 0 Å². The van der Waals surface area contributed by atoms with Crippen LogP contribution in [-0.2, 0) is 5.41 Å². The number of nitrogens with zero attached hydrogens (tertiary/aromatic N) is 2. The minimum Gasteiger partial charge on any atom is -0.310 e. The predicted molar refractivity (Wildman–Crippen MR) is 222 cm³/mol. The highest BCUT2D eigenvalue weighted by Crippen LogP contribution is 2.55. The Morgan fingerprint density at radius 2 is 1.29 bits per heavy atom. The lowest BCUT2D eigenvalue weighted by Crippen LogP contribution is -2.17. The Kier molecular flexibility index (Phi) is 6.60. The van der Waals surface area contributed by atoms with Crippen molar-refractivity contribution in [2.45, 2.75) is 40.0 Å². The van der Waals surface area contributed by atoms with Gasteiger partial charge in [0.1, 0.15) is 0 Å². The Morgan fingerprint density at radius 3 is 2.06 bits per heavy atom. The van der Waals surface area contributed by atoms with Crippen LogP contribution >= 0.6 is 0 Å². The summed E-state index contributed by atoms with van der Waals surface area (Å²) in [6.07, 6.45) is 4.48. The van der Waals surface area contributed by atoms with E-state index in [9.17, 15) is 0 Å². The van der Waals surface area contributed by atoms with Gasteiger partial charge in [0.15, 0.2) is 0 Å². The fraction of sp³-hybridized carbons (Fsp3) is 0.120. The zero-order valence-corrected chi connectivity index (χ0v) is 30.3. The molecule has 1 aromatic heterocycles. The molecule has 2 heteroatoms. The zero-order chi connectivity index (χ0) is 35.3. The molecule has 0 saturated heterocycles. The number of para-hydroxylation sites is 3.